The zero-order valence-corrected chi connectivity index (χ0v) is 17.7. The molecular formula is C25H38N2O. The fraction of sp³-hybridized carbons (Fsp3) is 0.720. The molecule has 1 amide bonds. The Morgan fingerprint density at radius 2 is 1.75 bits per heavy atom. The topological polar surface area (TPSA) is 23.6 Å². The summed E-state index contributed by atoms with van der Waals surface area (Å²) >= 11 is 0. The van der Waals surface area contributed by atoms with E-state index in [0.29, 0.717) is 5.91 Å². The SMILES string of the molecule is C[C@H]1CCC[C@H](N2CCC[C@@H](C(=O)N3CCC(Cc4ccccc4)CC3)C2)C1. The minimum Gasteiger partial charge on any atom is -0.342 e. The van der Waals surface area contributed by atoms with Crippen molar-refractivity contribution in [3.8, 4) is 0 Å². The van der Waals surface area contributed by atoms with E-state index in [0.717, 1.165) is 56.8 Å². The summed E-state index contributed by atoms with van der Waals surface area (Å²) in [5.74, 6) is 2.29. The van der Waals surface area contributed by atoms with Crippen LogP contribution < -0.4 is 0 Å². The summed E-state index contributed by atoms with van der Waals surface area (Å²) in [7, 11) is 0. The number of amides is 1. The second-order valence-corrected chi connectivity index (χ2v) is 9.72. The predicted molar refractivity (Wildman–Crippen MR) is 115 cm³/mol. The van der Waals surface area contributed by atoms with Crippen molar-refractivity contribution in [2.45, 2.75) is 70.8 Å². The molecule has 0 radical (unpaired) electrons. The first-order valence-corrected chi connectivity index (χ1v) is 11.8. The van der Waals surface area contributed by atoms with Gasteiger partial charge in [-0.2, -0.15) is 0 Å². The molecule has 1 aromatic rings. The lowest BCUT2D eigenvalue weighted by atomic mass is 9.84. The van der Waals surface area contributed by atoms with E-state index in [-0.39, 0.29) is 5.92 Å². The monoisotopic (exact) mass is 382 g/mol. The Balaban J connectivity index is 1.26. The predicted octanol–water partition coefficient (Wildman–Crippen LogP) is 4.76. The number of carbonyl (C=O) groups excluding carboxylic acids is 1. The van der Waals surface area contributed by atoms with Crippen molar-refractivity contribution in [1.82, 2.24) is 9.80 Å². The molecule has 0 aromatic heterocycles. The van der Waals surface area contributed by atoms with E-state index in [2.05, 4.69) is 47.1 Å². The van der Waals surface area contributed by atoms with Crippen molar-refractivity contribution in [2.24, 2.45) is 17.8 Å². The Labute approximate surface area is 171 Å². The molecule has 0 N–H and O–H groups in total. The fourth-order valence-corrected chi connectivity index (χ4v) is 5.84. The molecule has 4 rings (SSSR count). The van der Waals surface area contributed by atoms with Crippen LogP contribution >= 0.6 is 0 Å². The number of benzene rings is 1. The van der Waals surface area contributed by atoms with Gasteiger partial charge in [0, 0.05) is 25.7 Å². The number of piperidine rings is 2. The van der Waals surface area contributed by atoms with Crippen LogP contribution in [0.5, 0.6) is 0 Å². The van der Waals surface area contributed by atoms with Crippen molar-refractivity contribution in [2.75, 3.05) is 26.2 Å². The summed E-state index contributed by atoms with van der Waals surface area (Å²) in [6.07, 6.45) is 11.2. The van der Waals surface area contributed by atoms with Crippen LogP contribution in [-0.4, -0.2) is 47.9 Å². The van der Waals surface area contributed by atoms with Crippen LogP contribution in [-0.2, 0) is 11.2 Å². The van der Waals surface area contributed by atoms with E-state index in [1.807, 2.05) is 0 Å². The molecule has 2 aliphatic heterocycles. The van der Waals surface area contributed by atoms with Gasteiger partial charge in [-0.1, -0.05) is 50.1 Å². The highest BCUT2D eigenvalue weighted by atomic mass is 16.2. The fourth-order valence-electron chi connectivity index (χ4n) is 5.84. The second-order valence-electron chi connectivity index (χ2n) is 9.72. The molecule has 154 valence electrons. The third-order valence-electron chi connectivity index (χ3n) is 7.52. The minimum absolute atomic E-state index is 0.247. The number of nitrogens with zero attached hydrogens (tertiary/aromatic N) is 2. The first kappa shape index (κ1) is 19.9. The molecule has 28 heavy (non-hydrogen) atoms. The number of carbonyl (C=O) groups is 1. The van der Waals surface area contributed by atoms with Gasteiger partial charge in [-0.15, -0.1) is 0 Å². The summed E-state index contributed by atoms with van der Waals surface area (Å²) in [6, 6.07) is 11.6. The Morgan fingerprint density at radius 1 is 0.964 bits per heavy atom. The lowest BCUT2D eigenvalue weighted by molar-refractivity contribution is -0.139. The molecule has 3 heteroatoms. The zero-order valence-electron chi connectivity index (χ0n) is 17.7. The highest BCUT2D eigenvalue weighted by Crippen LogP contribution is 2.31. The summed E-state index contributed by atoms with van der Waals surface area (Å²) in [5.41, 5.74) is 1.44. The Hall–Kier alpha value is -1.35. The standard InChI is InChI=1S/C25H38N2O/c1-20-7-5-11-24(17-20)27-14-6-10-23(19-27)25(28)26-15-12-22(13-16-26)18-21-8-3-2-4-9-21/h2-4,8-9,20,22-24H,5-7,10-19H2,1H3/t20-,23+,24-/m0/s1. The van der Waals surface area contributed by atoms with Crippen molar-refractivity contribution in [3.05, 3.63) is 35.9 Å². The van der Waals surface area contributed by atoms with Crippen LogP contribution in [0.25, 0.3) is 0 Å². The normalized spacial score (nSPS) is 30.3. The lowest BCUT2D eigenvalue weighted by Gasteiger charge is -2.42. The van der Waals surface area contributed by atoms with E-state index >= 15 is 0 Å². The second kappa shape index (κ2) is 9.43. The van der Waals surface area contributed by atoms with E-state index < -0.39 is 0 Å². The van der Waals surface area contributed by atoms with Gasteiger partial charge in [0.05, 0.1) is 5.92 Å². The molecule has 3 aliphatic rings. The molecule has 0 unspecified atom stereocenters. The van der Waals surface area contributed by atoms with Gasteiger partial charge < -0.3 is 4.90 Å². The molecule has 1 aliphatic carbocycles. The third kappa shape index (κ3) is 4.97. The molecule has 0 bridgehead atoms. The third-order valence-corrected chi connectivity index (χ3v) is 7.52. The van der Waals surface area contributed by atoms with Gasteiger partial charge in [0.25, 0.3) is 0 Å². The van der Waals surface area contributed by atoms with Crippen molar-refractivity contribution >= 4 is 5.91 Å². The molecular weight excluding hydrogens is 344 g/mol. The highest BCUT2D eigenvalue weighted by Gasteiger charge is 2.34. The first-order chi connectivity index (χ1) is 13.7. The van der Waals surface area contributed by atoms with Gasteiger partial charge in [0.1, 0.15) is 0 Å². The van der Waals surface area contributed by atoms with Gasteiger partial charge in [-0.05, 0) is 68.9 Å². The maximum absolute atomic E-state index is 13.2. The van der Waals surface area contributed by atoms with Gasteiger partial charge in [-0.3, -0.25) is 9.69 Å². The summed E-state index contributed by atoms with van der Waals surface area (Å²) < 4.78 is 0. The number of hydrogen-bond acceptors (Lipinski definition) is 2. The molecule has 2 saturated heterocycles. The van der Waals surface area contributed by atoms with Crippen LogP contribution in [0.1, 0.15) is 63.9 Å². The van der Waals surface area contributed by atoms with Gasteiger partial charge in [-0.25, -0.2) is 0 Å². The molecule has 2 heterocycles. The molecule has 1 saturated carbocycles. The van der Waals surface area contributed by atoms with E-state index in [4.69, 9.17) is 0 Å². The Kier molecular flexibility index (Phi) is 6.72. The molecule has 1 aromatic carbocycles. The van der Waals surface area contributed by atoms with Crippen LogP contribution in [0.3, 0.4) is 0 Å². The van der Waals surface area contributed by atoms with E-state index in [9.17, 15) is 4.79 Å². The maximum atomic E-state index is 13.2. The first-order valence-electron chi connectivity index (χ1n) is 11.8. The molecule has 3 atom stereocenters. The number of rotatable bonds is 4. The minimum atomic E-state index is 0.247. The quantitative estimate of drug-likeness (QED) is 0.750. The molecule has 3 fully saturated rings. The average Bonchev–Trinajstić information content (AvgIpc) is 2.75. The molecule has 3 nitrogen and oxygen atoms in total. The van der Waals surface area contributed by atoms with Crippen LogP contribution in [0.15, 0.2) is 30.3 Å². The lowest BCUT2D eigenvalue weighted by Crippen LogP contribution is -2.50. The van der Waals surface area contributed by atoms with Crippen molar-refractivity contribution in [3.63, 3.8) is 0 Å². The smallest absolute Gasteiger partial charge is 0.226 e. The van der Waals surface area contributed by atoms with Gasteiger partial charge in [0.2, 0.25) is 5.91 Å². The van der Waals surface area contributed by atoms with E-state index in [1.165, 1.54) is 50.6 Å². The van der Waals surface area contributed by atoms with Crippen molar-refractivity contribution < 1.29 is 4.79 Å². The maximum Gasteiger partial charge on any atom is 0.226 e. The number of hydrogen-bond donors (Lipinski definition) is 0. The van der Waals surface area contributed by atoms with Crippen LogP contribution in [0, 0.1) is 17.8 Å². The summed E-state index contributed by atoms with van der Waals surface area (Å²) in [6.45, 7) is 6.55. The number of likely N-dealkylation sites (tertiary alicyclic amines) is 2. The van der Waals surface area contributed by atoms with Gasteiger partial charge in [0.15, 0.2) is 0 Å². The van der Waals surface area contributed by atoms with Crippen molar-refractivity contribution in [1.29, 1.82) is 0 Å². The molecule has 0 spiro atoms. The highest BCUT2D eigenvalue weighted by molar-refractivity contribution is 5.79. The zero-order chi connectivity index (χ0) is 19.3. The van der Waals surface area contributed by atoms with Gasteiger partial charge >= 0.3 is 0 Å². The Morgan fingerprint density at radius 3 is 2.50 bits per heavy atom. The van der Waals surface area contributed by atoms with E-state index in [1.54, 1.807) is 0 Å². The Bertz CT molecular complexity index is 623. The average molecular weight is 383 g/mol. The van der Waals surface area contributed by atoms with Crippen LogP contribution in [0.4, 0.5) is 0 Å². The largest absolute Gasteiger partial charge is 0.342 e. The summed E-state index contributed by atoms with van der Waals surface area (Å²) in [4.78, 5) is 18.1. The summed E-state index contributed by atoms with van der Waals surface area (Å²) in [5, 5.41) is 0. The van der Waals surface area contributed by atoms with Crippen LogP contribution in [0.2, 0.25) is 0 Å².